The Labute approximate surface area is 140 Å². The summed E-state index contributed by atoms with van der Waals surface area (Å²) < 4.78 is 0. The highest BCUT2D eigenvalue weighted by Gasteiger charge is 2.11. The van der Waals surface area contributed by atoms with Gasteiger partial charge in [-0.3, -0.25) is 9.79 Å². The average Bonchev–Trinajstić information content (AvgIpc) is 2.56. The molecule has 0 saturated heterocycles. The minimum Gasteiger partial charge on any atom is -0.356 e. The maximum Gasteiger partial charge on any atom is 0.253 e. The first-order valence-electron chi connectivity index (χ1n) is 8.34. The van der Waals surface area contributed by atoms with Crippen LogP contribution in [0.15, 0.2) is 29.3 Å². The zero-order chi connectivity index (χ0) is 17.2. The molecule has 5 nitrogen and oxygen atoms in total. The number of hydrogen-bond acceptors (Lipinski definition) is 2. The van der Waals surface area contributed by atoms with Gasteiger partial charge in [0.25, 0.3) is 5.91 Å². The molecule has 0 spiro atoms. The Hall–Kier alpha value is -2.04. The Bertz CT molecular complexity index is 504. The van der Waals surface area contributed by atoms with Gasteiger partial charge < -0.3 is 15.5 Å². The first-order valence-corrected chi connectivity index (χ1v) is 8.34. The third-order valence-corrected chi connectivity index (χ3v) is 3.61. The lowest BCUT2D eigenvalue weighted by Crippen LogP contribution is -2.38. The van der Waals surface area contributed by atoms with Crippen LogP contribution >= 0.6 is 0 Å². The minimum absolute atomic E-state index is 0.0870. The molecule has 5 heteroatoms. The molecule has 0 heterocycles. The average molecular weight is 318 g/mol. The van der Waals surface area contributed by atoms with Gasteiger partial charge in [-0.1, -0.05) is 26.0 Å². The number of carbonyl (C=O) groups is 1. The number of rotatable bonds is 7. The predicted octanol–water partition coefficient (Wildman–Crippen LogP) is 2.49. The lowest BCUT2D eigenvalue weighted by Gasteiger charge is -2.18. The van der Waals surface area contributed by atoms with Gasteiger partial charge in [-0.25, -0.2) is 0 Å². The molecule has 1 amide bonds. The summed E-state index contributed by atoms with van der Waals surface area (Å²) in [5, 5.41) is 6.56. The first-order chi connectivity index (χ1) is 11.0. The Balaban J connectivity index is 2.58. The van der Waals surface area contributed by atoms with Crippen LogP contribution in [0.5, 0.6) is 0 Å². The maximum absolute atomic E-state index is 12.3. The lowest BCUT2D eigenvalue weighted by atomic mass is 10.1. The van der Waals surface area contributed by atoms with E-state index in [0.717, 1.165) is 36.7 Å². The molecule has 1 aromatic rings. The summed E-state index contributed by atoms with van der Waals surface area (Å²) in [6.45, 7) is 11.3. The fourth-order valence-electron chi connectivity index (χ4n) is 2.17. The van der Waals surface area contributed by atoms with Gasteiger partial charge in [0.05, 0.1) is 0 Å². The number of nitrogens with one attached hydrogen (secondary N) is 2. The largest absolute Gasteiger partial charge is 0.356 e. The van der Waals surface area contributed by atoms with E-state index in [9.17, 15) is 4.79 Å². The number of benzene rings is 1. The molecule has 1 rings (SSSR count). The predicted molar refractivity (Wildman–Crippen MR) is 96.7 cm³/mol. The zero-order valence-corrected chi connectivity index (χ0v) is 15.0. The minimum atomic E-state index is 0.0870. The molecule has 0 aliphatic carbocycles. The molecule has 0 radical (unpaired) electrons. The smallest absolute Gasteiger partial charge is 0.253 e. The van der Waals surface area contributed by atoms with Crippen molar-refractivity contribution in [3.8, 4) is 0 Å². The van der Waals surface area contributed by atoms with Gasteiger partial charge in [-0.2, -0.15) is 0 Å². The summed E-state index contributed by atoms with van der Waals surface area (Å²) in [6.07, 6.45) is 0. The summed E-state index contributed by atoms with van der Waals surface area (Å²) in [7, 11) is 1.77. The molecule has 1 aromatic carbocycles. The molecule has 2 N–H and O–H groups in total. The van der Waals surface area contributed by atoms with Crippen molar-refractivity contribution in [3.63, 3.8) is 0 Å². The number of guanidine groups is 1. The Morgan fingerprint density at radius 3 is 2.22 bits per heavy atom. The van der Waals surface area contributed by atoms with E-state index in [0.29, 0.717) is 12.5 Å². The fourth-order valence-corrected chi connectivity index (χ4v) is 2.17. The third-order valence-electron chi connectivity index (χ3n) is 3.61. The highest BCUT2D eigenvalue weighted by atomic mass is 16.2. The van der Waals surface area contributed by atoms with Crippen molar-refractivity contribution in [2.45, 2.75) is 34.2 Å². The summed E-state index contributed by atoms with van der Waals surface area (Å²) in [5.74, 6) is 1.45. The molecule has 0 unspecified atom stereocenters. The zero-order valence-electron chi connectivity index (χ0n) is 15.0. The molecule has 23 heavy (non-hydrogen) atoms. The standard InChI is InChI=1S/C18H30N4O/c1-6-22(7-2)17(23)16-10-8-15(9-11-16)13-21-18(19-5)20-12-14(3)4/h8-11,14H,6-7,12-13H2,1-5H3,(H2,19,20,21). The van der Waals surface area contributed by atoms with E-state index in [1.54, 1.807) is 7.05 Å². The Morgan fingerprint density at radius 2 is 1.74 bits per heavy atom. The van der Waals surface area contributed by atoms with Gasteiger partial charge in [-0.05, 0) is 37.5 Å². The van der Waals surface area contributed by atoms with Gasteiger partial charge in [0.2, 0.25) is 0 Å². The third kappa shape index (κ3) is 6.30. The maximum atomic E-state index is 12.3. The normalized spacial score (nSPS) is 11.5. The lowest BCUT2D eigenvalue weighted by molar-refractivity contribution is 0.0773. The highest BCUT2D eigenvalue weighted by molar-refractivity contribution is 5.94. The van der Waals surface area contributed by atoms with Crippen molar-refractivity contribution in [3.05, 3.63) is 35.4 Å². The Kier molecular flexibility index (Phi) is 8.16. The van der Waals surface area contributed by atoms with Crippen molar-refractivity contribution in [1.82, 2.24) is 15.5 Å². The summed E-state index contributed by atoms with van der Waals surface area (Å²) in [5.41, 5.74) is 1.85. The second kappa shape index (κ2) is 9.87. The number of aliphatic imine (C=N–C) groups is 1. The van der Waals surface area contributed by atoms with Crippen LogP contribution in [0.3, 0.4) is 0 Å². The van der Waals surface area contributed by atoms with Gasteiger partial charge in [0, 0.05) is 38.8 Å². The molecule has 0 atom stereocenters. The van der Waals surface area contributed by atoms with Crippen LogP contribution in [0.2, 0.25) is 0 Å². The van der Waals surface area contributed by atoms with Crippen LogP contribution < -0.4 is 10.6 Å². The second-order valence-corrected chi connectivity index (χ2v) is 5.87. The van der Waals surface area contributed by atoms with Crippen molar-refractivity contribution >= 4 is 11.9 Å². The van der Waals surface area contributed by atoms with Gasteiger partial charge in [0.15, 0.2) is 5.96 Å². The summed E-state index contributed by atoms with van der Waals surface area (Å²) in [4.78, 5) is 18.3. The fraction of sp³-hybridized carbons (Fsp3) is 0.556. The summed E-state index contributed by atoms with van der Waals surface area (Å²) in [6, 6.07) is 7.75. The van der Waals surface area contributed by atoms with Crippen LogP contribution in [0.4, 0.5) is 0 Å². The van der Waals surface area contributed by atoms with E-state index in [1.165, 1.54) is 0 Å². The molecular formula is C18H30N4O. The number of nitrogens with zero attached hydrogens (tertiary/aromatic N) is 2. The Morgan fingerprint density at radius 1 is 1.13 bits per heavy atom. The SMILES string of the molecule is CCN(CC)C(=O)c1ccc(CNC(=NC)NCC(C)C)cc1. The quantitative estimate of drug-likeness (QED) is 0.600. The molecule has 0 bridgehead atoms. The van der Waals surface area contributed by atoms with Crippen LogP contribution in [0.25, 0.3) is 0 Å². The number of carbonyl (C=O) groups excluding carboxylic acids is 1. The molecule has 0 saturated carbocycles. The monoisotopic (exact) mass is 318 g/mol. The van der Waals surface area contributed by atoms with Crippen LogP contribution in [-0.4, -0.2) is 43.4 Å². The van der Waals surface area contributed by atoms with Crippen molar-refractivity contribution in [1.29, 1.82) is 0 Å². The van der Waals surface area contributed by atoms with Crippen LogP contribution in [0, 0.1) is 5.92 Å². The van der Waals surface area contributed by atoms with Crippen molar-refractivity contribution in [2.24, 2.45) is 10.9 Å². The van der Waals surface area contributed by atoms with E-state index >= 15 is 0 Å². The topological polar surface area (TPSA) is 56.7 Å². The molecule has 0 fully saturated rings. The molecule has 128 valence electrons. The van der Waals surface area contributed by atoms with E-state index in [4.69, 9.17) is 0 Å². The van der Waals surface area contributed by atoms with Crippen LogP contribution in [0.1, 0.15) is 43.6 Å². The molecule has 0 aliphatic rings. The molecule has 0 aliphatic heterocycles. The van der Waals surface area contributed by atoms with Crippen molar-refractivity contribution < 1.29 is 4.79 Å². The van der Waals surface area contributed by atoms with E-state index in [-0.39, 0.29) is 5.91 Å². The van der Waals surface area contributed by atoms with E-state index in [1.807, 2.05) is 43.0 Å². The van der Waals surface area contributed by atoms with Gasteiger partial charge >= 0.3 is 0 Å². The van der Waals surface area contributed by atoms with Gasteiger partial charge in [-0.15, -0.1) is 0 Å². The second-order valence-electron chi connectivity index (χ2n) is 5.87. The van der Waals surface area contributed by atoms with Crippen molar-refractivity contribution in [2.75, 3.05) is 26.7 Å². The van der Waals surface area contributed by atoms with E-state index in [2.05, 4.69) is 29.5 Å². The molecule has 0 aromatic heterocycles. The number of amides is 1. The van der Waals surface area contributed by atoms with Gasteiger partial charge in [0.1, 0.15) is 0 Å². The molecular weight excluding hydrogens is 288 g/mol. The highest BCUT2D eigenvalue weighted by Crippen LogP contribution is 2.08. The first kappa shape index (κ1) is 19.0. The van der Waals surface area contributed by atoms with Crippen LogP contribution in [-0.2, 0) is 6.54 Å². The number of hydrogen-bond donors (Lipinski definition) is 2. The van der Waals surface area contributed by atoms with E-state index < -0.39 is 0 Å². The summed E-state index contributed by atoms with van der Waals surface area (Å²) >= 11 is 0.